The van der Waals surface area contributed by atoms with Crippen molar-refractivity contribution in [1.82, 2.24) is 10.0 Å². The normalized spacial score (nSPS) is 38.9. The molecule has 0 radical (unpaired) electrons. The van der Waals surface area contributed by atoms with Crippen LogP contribution < -0.4 is 10.0 Å². The molecule has 3 rings (SSSR count). The number of nitrogens with one attached hydrogen (secondary N) is 2. The first kappa shape index (κ1) is 11.0. The van der Waals surface area contributed by atoms with Crippen LogP contribution in [0.5, 0.6) is 0 Å². The van der Waals surface area contributed by atoms with Crippen molar-refractivity contribution < 1.29 is 8.42 Å². The van der Waals surface area contributed by atoms with E-state index < -0.39 is 10.0 Å². The van der Waals surface area contributed by atoms with Gasteiger partial charge in [-0.1, -0.05) is 0 Å². The molecular formula is C11H20N2O2S. The SMILES string of the molecule is O=S(=O)(CC1CC1)NC1CC2CCC(C1)N2. The molecule has 2 unspecified atom stereocenters. The van der Waals surface area contributed by atoms with E-state index in [1.807, 2.05) is 0 Å². The van der Waals surface area contributed by atoms with Crippen LogP contribution in [0.2, 0.25) is 0 Å². The predicted molar refractivity (Wildman–Crippen MR) is 62.6 cm³/mol. The molecule has 0 spiro atoms. The summed E-state index contributed by atoms with van der Waals surface area (Å²) in [5.74, 6) is 0.794. The second-order valence-corrected chi connectivity index (χ2v) is 7.45. The fraction of sp³-hybridized carbons (Fsp3) is 1.00. The Morgan fingerprint density at radius 3 is 2.25 bits per heavy atom. The van der Waals surface area contributed by atoms with Crippen LogP contribution in [0.25, 0.3) is 0 Å². The van der Waals surface area contributed by atoms with E-state index in [1.54, 1.807) is 0 Å². The van der Waals surface area contributed by atoms with Gasteiger partial charge in [0.15, 0.2) is 0 Å². The van der Waals surface area contributed by atoms with Crippen LogP contribution in [-0.4, -0.2) is 32.3 Å². The Labute approximate surface area is 97.2 Å². The number of hydrogen-bond donors (Lipinski definition) is 2. The molecule has 0 amide bonds. The van der Waals surface area contributed by atoms with Gasteiger partial charge in [0.05, 0.1) is 5.75 Å². The van der Waals surface area contributed by atoms with Gasteiger partial charge in [-0.2, -0.15) is 0 Å². The lowest BCUT2D eigenvalue weighted by atomic mass is 10.0. The zero-order valence-corrected chi connectivity index (χ0v) is 10.3. The Hall–Kier alpha value is -0.130. The first-order chi connectivity index (χ1) is 7.61. The number of rotatable bonds is 4. The van der Waals surface area contributed by atoms with Crippen molar-refractivity contribution in [3.63, 3.8) is 0 Å². The van der Waals surface area contributed by atoms with Crippen molar-refractivity contribution >= 4 is 10.0 Å². The molecule has 5 heteroatoms. The Morgan fingerprint density at radius 2 is 1.69 bits per heavy atom. The zero-order chi connectivity index (χ0) is 11.2. The molecule has 16 heavy (non-hydrogen) atoms. The van der Waals surface area contributed by atoms with Gasteiger partial charge in [-0.15, -0.1) is 0 Å². The Morgan fingerprint density at radius 1 is 1.06 bits per heavy atom. The van der Waals surface area contributed by atoms with E-state index >= 15 is 0 Å². The number of hydrogen-bond acceptors (Lipinski definition) is 3. The average molecular weight is 244 g/mol. The van der Waals surface area contributed by atoms with E-state index in [1.165, 1.54) is 12.8 Å². The summed E-state index contributed by atoms with van der Waals surface area (Å²) < 4.78 is 26.6. The Bertz CT molecular complexity index is 352. The summed E-state index contributed by atoms with van der Waals surface area (Å²) >= 11 is 0. The van der Waals surface area contributed by atoms with Gasteiger partial charge in [-0.3, -0.25) is 0 Å². The lowest BCUT2D eigenvalue weighted by molar-refractivity contribution is 0.345. The topological polar surface area (TPSA) is 58.2 Å². The van der Waals surface area contributed by atoms with Gasteiger partial charge in [0.1, 0.15) is 0 Å². The van der Waals surface area contributed by atoms with Crippen LogP contribution in [-0.2, 0) is 10.0 Å². The Kier molecular flexibility index (Phi) is 2.72. The summed E-state index contributed by atoms with van der Waals surface area (Å²) in [4.78, 5) is 0. The van der Waals surface area contributed by atoms with Crippen molar-refractivity contribution in [1.29, 1.82) is 0 Å². The molecule has 1 saturated carbocycles. The first-order valence-corrected chi connectivity index (χ1v) is 8.02. The maximum atomic E-state index is 11.9. The molecule has 2 saturated heterocycles. The molecule has 0 aromatic rings. The summed E-state index contributed by atoms with van der Waals surface area (Å²) in [5, 5.41) is 3.52. The molecule has 1 aliphatic carbocycles. The quantitative estimate of drug-likeness (QED) is 0.761. The molecule has 2 atom stereocenters. The molecule has 2 N–H and O–H groups in total. The summed E-state index contributed by atoms with van der Waals surface area (Å²) in [6.45, 7) is 0. The van der Waals surface area contributed by atoms with Gasteiger partial charge < -0.3 is 5.32 Å². The summed E-state index contributed by atoms with van der Waals surface area (Å²) in [5.41, 5.74) is 0. The van der Waals surface area contributed by atoms with Gasteiger partial charge in [-0.05, 0) is 44.4 Å². The van der Waals surface area contributed by atoms with Gasteiger partial charge >= 0.3 is 0 Å². The minimum Gasteiger partial charge on any atom is -0.311 e. The highest BCUT2D eigenvalue weighted by Crippen LogP contribution is 2.31. The molecule has 3 fully saturated rings. The minimum atomic E-state index is -3.01. The fourth-order valence-electron chi connectivity index (χ4n) is 3.05. The molecule has 92 valence electrons. The van der Waals surface area contributed by atoms with E-state index in [0.717, 1.165) is 25.7 Å². The number of sulfonamides is 1. The monoisotopic (exact) mass is 244 g/mol. The minimum absolute atomic E-state index is 0.183. The molecule has 0 aromatic heterocycles. The van der Waals surface area contributed by atoms with Crippen molar-refractivity contribution in [2.45, 2.75) is 56.7 Å². The predicted octanol–water partition coefficient (Wildman–Crippen LogP) is 0.599. The summed E-state index contributed by atoms with van der Waals surface area (Å²) in [6.07, 6.45) is 6.56. The highest BCUT2D eigenvalue weighted by molar-refractivity contribution is 7.89. The molecule has 0 aromatic carbocycles. The van der Waals surface area contributed by atoms with Crippen LogP contribution in [0.4, 0.5) is 0 Å². The molecule has 4 nitrogen and oxygen atoms in total. The van der Waals surface area contributed by atoms with Crippen LogP contribution in [0.15, 0.2) is 0 Å². The van der Waals surface area contributed by atoms with Crippen LogP contribution in [0.3, 0.4) is 0 Å². The fourth-order valence-corrected chi connectivity index (χ4v) is 4.80. The zero-order valence-electron chi connectivity index (χ0n) is 9.48. The van der Waals surface area contributed by atoms with Crippen molar-refractivity contribution in [2.75, 3.05) is 5.75 Å². The lowest BCUT2D eigenvalue weighted by Crippen LogP contribution is -2.48. The molecule has 2 aliphatic heterocycles. The van der Waals surface area contributed by atoms with Crippen molar-refractivity contribution in [2.24, 2.45) is 5.92 Å². The Balaban J connectivity index is 1.57. The van der Waals surface area contributed by atoms with Crippen molar-refractivity contribution in [3.05, 3.63) is 0 Å². The van der Waals surface area contributed by atoms with Crippen molar-refractivity contribution in [3.8, 4) is 0 Å². The van der Waals surface area contributed by atoms with E-state index in [9.17, 15) is 8.42 Å². The van der Waals surface area contributed by atoms with E-state index in [-0.39, 0.29) is 6.04 Å². The number of fused-ring (bicyclic) bond motifs is 2. The van der Waals surface area contributed by atoms with Gasteiger partial charge in [-0.25, -0.2) is 13.1 Å². The second-order valence-electron chi connectivity index (χ2n) is 5.65. The molecule has 3 aliphatic rings. The smallest absolute Gasteiger partial charge is 0.212 e. The van der Waals surface area contributed by atoms with Gasteiger partial charge in [0.25, 0.3) is 0 Å². The molecule has 2 bridgehead atoms. The third-order valence-corrected chi connectivity index (χ3v) is 5.57. The van der Waals surface area contributed by atoms with Crippen LogP contribution in [0.1, 0.15) is 38.5 Å². The molecular weight excluding hydrogens is 224 g/mol. The molecule has 2 heterocycles. The maximum Gasteiger partial charge on any atom is 0.212 e. The van der Waals surface area contributed by atoms with Crippen LogP contribution in [0, 0.1) is 5.92 Å². The maximum absolute atomic E-state index is 11.9. The third-order valence-electron chi connectivity index (χ3n) is 3.97. The van der Waals surface area contributed by atoms with Gasteiger partial charge in [0.2, 0.25) is 10.0 Å². The largest absolute Gasteiger partial charge is 0.311 e. The first-order valence-electron chi connectivity index (χ1n) is 6.37. The summed E-state index contributed by atoms with van der Waals surface area (Å²) in [6, 6.07) is 1.28. The highest BCUT2D eigenvalue weighted by Gasteiger charge is 2.36. The number of piperidine rings is 1. The summed E-state index contributed by atoms with van der Waals surface area (Å²) in [7, 11) is -3.01. The highest BCUT2D eigenvalue weighted by atomic mass is 32.2. The van der Waals surface area contributed by atoms with E-state index in [0.29, 0.717) is 23.8 Å². The third kappa shape index (κ3) is 2.57. The second kappa shape index (κ2) is 3.96. The van der Waals surface area contributed by atoms with Gasteiger partial charge in [0, 0.05) is 18.1 Å². The standard InChI is InChI=1S/C11H20N2O2S/c14-16(15,7-8-1-2-8)13-11-5-9-3-4-10(6-11)12-9/h8-13H,1-7H2. The average Bonchev–Trinajstić information content (AvgIpc) is 2.90. The van der Waals surface area contributed by atoms with Crippen LogP contribution >= 0.6 is 0 Å². The lowest BCUT2D eigenvalue weighted by Gasteiger charge is -2.29. The van der Waals surface area contributed by atoms with E-state index in [4.69, 9.17) is 0 Å². The van der Waals surface area contributed by atoms with E-state index in [2.05, 4.69) is 10.0 Å².